The van der Waals surface area contributed by atoms with Gasteiger partial charge in [0.15, 0.2) is 0 Å². The van der Waals surface area contributed by atoms with Crippen LogP contribution >= 0.6 is 0 Å². The number of hydrogen-bond acceptors (Lipinski definition) is 2. The Balaban J connectivity index is 1.35. The first-order chi connectivity index (χ1) is 22.5. The normalized spacial score (nSPS) is 13.1. The summed E-state index contributed by atoms with van der Waals surface area (Å²) in [5, 5.41) is 5.28. The number of rotatable bonds is 3. The number of benzene rings is 7. The zero-order chi connectivity index (χ0) is 31.1. The highest BCUT2D eigenvalue weighted by atomic mass is 16.3. The van der Waals surface area contributed by atoms with Gasteiger partial charge < -0.3 is 8.83 Å². The summed E-state index contributed by atoms with van der Waals surface area (Å²) in [6.45, 7) is 0. The summed E-state index contributed by atoms with van der Waals surface area (Å²) in [5.74, 6) is 0.711. The largest absolute Gasteiger partial charge is 0.456 e. The molecule has 0 N–H and O–H groups in total. The lowest BCUT2D eigenvalue weighted by molar-refractivity contribution is 0.632. The number of fused-ring (bicyclic) bond motifs is 6. The van der Waals surface area contributed by atoms with Crippen LogP contribution in [-0.2, 0) is 0 Å². The Labute approximate surface area is 247 Å². The second-order valence-corrected chi connectivity index (χ2v) is 10.5. The fourth-order valence-electron chi connectivity index (χ4n) is 6.32. The third-order valence-corrected chi connectivity index (χ3v) is 8.11. The zero-order valence-corrected chi connectivity index (χ0v) is 22.4. The fourth-order valence-corrected chi connectivity index (χ4v) is 6.32. The molecule has 0 fully saturated rings. The lowest BCUT2D eigenvalue weighted by Gasteiger charge is -2.17. The second-order valence-electron chi connectivity index (χ2n) is 10.5. The molecule has 2 nitrogen and oxygen atoms in total. The maximum absolute atomic E-state index is 9.10. The molecule has 9 rings (SSSR count). The van der Waals surface area contributed by atoms with Gasteiger partial charge in [-0.25, -0.2) is 0 Å². The van der Waals surface area contributed by atoms with Gasteiger partial charge in [0.25, 0.3) is 0 Å². The van der Waals surface area contributed by atoms with E-state index in [1.165, 1.54) is 0 Å². The standard InChI is InChI=1S/C40H24O2/c1-2-11-25(12-3-1)38-28-13-4-6-15-30(28)39(31-16-7-5-14-29(31)38)26-21-22-34-27(23-26)24-37(41-34)33-18-10-20-36-40(33)32-17-8-9-19-35(32)42-36/h1-24H/i13D,14D,15D,16D. The molecule has 0 saturated heterocycles. The van der Waals surface area contributed by atoms with Crippen molar-refractivity contribution in [1.29, 1.82) is 0 Å². The fraction of sp³-hybridized carbons (Fsp3) is 0. The zero-order valence-electron chi connectivity index (χ0n) is 26.4. The van der Waals surface area contributed by atoms with Crippen LogP contribution in [0.1, 0.15) is 5.48 Å². The molecule has 2 aromatic heterocycles. The van der Waals surface area contributed by atoms with Crippen LogP contribution in [0, 0.1) is 0 Å². The van der Waals surface area contributed by atoms with E-state index < -0.39 is 0 Å². The predicted molar refractivity (Wildman–Crippen MR) is 175 cm³/mol. The molecule has 0 atom stereocenters. The maximum atomic E-state index is 9.10. The van der Waals surface area contributed by atoms with Crippen molar-refractivity contribution < 1.29 is 14.3 Å². The van der Waals surface area contributed by atoms with Crippen LogP contribution in [0.15, 0.2) is 154 Å². The molecule has 0 saturated carbocycles. The van der Waals surface area contributed by atoms with Crippen molar-refractivity contribution in [2.75, 3.05) is 0 Å². The van der Waals surface area contributed by atoms with E-state index in [4.69, 9.17) is 14.3 Å². The molecule has 0 aliphatic rings. The van der Waals surface area contributed by atoms with Crippen molar-refractivity contribution in [2.45, 2.75) is 0 Å². The summed E-state index contributed by atoms with van der Waals surface area (Å²) < 4.78 is 48.8. The predicted octanol–water partition coefficient (Wildman–Crippen LogP) is 11.6. The van der Waals surface area contributed by atoms with Gasteiger partial charge in [-0.1, -0.05) is 115 Å². The van der Waals surface area contributed by atoms with E-state index in [0.29, 0.717) is 44.0 Å². The Morgan fingerprint density at radius 2 is 1.07 bits per heavy atom. The highest BCUT2D eigenvalue weighted by Crippen LogP contribution is 2.45. The van der Waals surface area contributed by atoms with Gasteiger partial charge in [-0.15, -0.1) is 0 Å². The Bertz CT molecular complexity index is 2620. The van der Waals surface area contributed by atoms with E-state index in [0.717, 1.165) is 44.0 Å². The molecular formula is C40H24O2. The first-order valence-corrected chi connectivity index (χ1v) is 13.9. The minimum absolute atomic E-state index is 0.265. The van der Waals surface area contributed by atoms with Crippen LogP contribution in [0.3, 0.4) is 0 Å². The molecule has 0 bridgehead atoms. The first kappa shape index (κ1) is 19.5. The minimum Gasteiger partial charge on any atom is -0.456 e. The third kappa shape index (κ3) is 3.39. The van der Waals surface area contributed by atoms with Crippen molar-refractivity contribution in [2.24, 2.45) is 0 Å². The average Bonchev–Trinajstić information content (AvgIpc) is 3.69. The van der Waals surface area contributed by atoms with E-state index in [2.05, 4.69) is 6.07 Å². The van der Waals surface area contributed by atoms with Crippen LogP contribution in [0.4, 0.5) is 0 Å². The molecule has 0 radical (unpaired) electrons. The van der Waals surface area contributed by atoms with Crippen molar-refractivity contribution in [3.8, 4) is 33.6 Å². The van der Waals surface area contributed by atoms with Gasteiger partial charge in [0.1, 0.15) is 22.5 Å². The number of hydrogen-bond donors (Lipinski definition) is 0. The summed E-state index contributed by atoms with van der Waals surface area (Å²) in [5.41, 5.74) is 6.27. The SMILES string of the molecule is [2H]c1ccc([2H])c2c(-c3ccc4oc(-c5cccc6oc7ccccc7c56)cc4c3)c3c([2H])ccc([2H])c3c(-c3ccccc3)c12. The Kier molecular flexibility index (Phi) is 4.15. The number of furan rings is 2. The topological polar surface area (TPSA) is 26.3 Å². The summed E-state index contributed by atoms with van der Waals surface area (Å²) in [6, 6.07) is 39.3. The molecule has 0 aliphatic carbocycles. The van der Waals surface area contributed by atoms with Crippen molar-refractivity contribution in [3.63, 3.8) is 0 Å². The van der Waals surface area contributed by atoms with Gasteiger partial charge in [0, 0.05) is 21.7 Å². The Hall–Kier alpha value is -5.60. The second kappa shape index (κ2) is 8.95. The van der Waals surface area contributed by atoms with Crippen LogP contribution < -0.4 is 0 Å². The molecule has 0 aliphatic heterocycles. The van der Waals surface area contributed by atoms with E-state index in [9.17, 15) is 0 Å². The highest BCUT2D eigenvalue weighted by Gasteiger charge is 2.18. The lowest BCUT2D eigenvalue weighted by atomic mass is 9.86. The van der Waals surface area contributed by atoms with Crippen molar-refractivity contribution >= 4 is 54.5 Å². The van der Waals surface area contributed by atoms with E-state index in [-0.39, 0.29) is 24.2 Å². The van der Waals surface area contributed by atoms with E-state index >= 15 is 0 Å². The van der Waals surface area contributed by atoms with E-state index in [1.54, 1.807) is 24.3 Å². The van der Waals surface area contributed by atoms with Gasteiger partial charge in [-0.05, 0) is 74.1 Å². The summed E-state index contributed by atoms with van der Waals surface area (Å²) in [6.07, 6.45) is 0. The van der Waals surface area contributed by atoms with Crippen LogP contribution in [0.2, 0.25) is 0 Å². The minimum atomic E-state index is 0.265. The van der Waals surface area contributed by atoms with Gasteiger partial charge in [-0.2, -0.15) is 0 Å². The number of para-hydroxylation sites is 1. The molecule has 2 heteroatoms. The monoisotopic (exact) mass is 540 g/mol. The summed E-state index contributed by atoms with van der Waals surface area (Å²) in [7, 11) is 0. The van der Waals surface area contributed by atoms with Gasteiger partial charge >= 0.3 is 0 Å². The van der Waals surface area contributed by atoms with Crippen molar-refractivity contribution in [3.05, 3.63) is 145 Å². The third-order valence-electron chi connectivity index (χ3n) is 8.11. The molecular weight excluding hydrogens is 512 g/mol. The highest BCUT2D eigenvalue weighted by molar-refractivity contribution is 6.21. The quantitative estimate of drug-likeness (QED) is 0.208. The molecule has 0 spiro atoms. The Morgan fingerprint density at radius 1 is 0.429 bits per heavy atom. The van der Waals surface area contributed by atoms with Crippen LogP contribution in [0.25, 0.3) is 88.0 Å². The van der Waals surface area contributed by atoms with Crippen LogP contribution in [0.5, 0.6) is 0 Å². The lowest BCUT2D eigenvalue weighted by Crippen LogP contribution is -1.90. The maximum Gasteiger partial charge on any atom is 0.136 e. The Morgan fingerprint density at radius 3 is 1.81 bits per heavy atom. The van der Waals surface area contributed by atoms with Gasteiger partial charge in [0.2, 0.25) is 0 Å². The molecule has 42 heavy (non-hydrogen) atoms. The molecule has 9 aromatic rings. The van der Waals surface area contributed by atoms with Crippen molar-refractivity contribution in [1.82, 2.24) is 0 Å². The van der Waals surface area contributed by atoms with Gasteiger partial charge in [0.05, 0.1) is 5.48 Å². The summed E-state index contributed by atoms with van der Waals surface area (Å²) >= 11 is 0. The van der Waals surface area contributed by atoms with Crippen LogP contribution in [-0.4, -0.2) is 0 Å². The molecule has 2 heterocycles. The molecule has 7 aromatic carbocycles. The van der Waals surface area contributed by atoms with E-state index in [1.807, 2.05) is 91.0 Å². The molecule has 0 amide bonds. The average molecular weight is 541 g/mol. The van der Waals surface area contributed by atoms with Gasteiger partial charge in [-0.3, -0.25) is 0 Å². The molecule has 196 valence electrons. The first-order valence-electron chi connectivity index (χ1n) is 15.9. The smallest absolute Gasteiger partial charge is 0.136 e. The summed E-state index contributed by atoms with van der Waals surface area (Å²) in [4.78, 5) is 0. The molecule has 0 unspecified atom stereocenters.